The number of fused-ring (bicyclic) bond motifs is 1. The third-order valence-corrected chi connectivity index (χ3v) is 5.22. The van der Waals surface area contributed by atoms with E-state index < -0.39 is 0 Å². The molecule has 3 aromatic rings. The van der Waals surface area contributed by atoms with Gasteiger partial charge in [0.1, 0.15) is 11.5 Å². The molecule has 4 rings (SSSR count). The van der Waals surface area contributed by atoms with Crippen molar-refractivity contribution in [3.8, 4) is 0 Å². The number of anilines is 1. The molecule has 29 heavy (non-hydrogen) atoms. The Kier molecular flexibility index (Phi) is 5.31. The molecule has 3 aromatic heterocycles. The molecule has 0 spiro atoms. The maximum Gasteiger partial charge on any atom is 0.258 e. The lowest BCUT2D eigenvalue weighted by molar-refractivity contribution is 0.360. The van der Waals surface area contributed by atoms with Gasteiger partial charge in [-0.2, -0.15) is 0 Å². The van der Waals surface area contributed by atoms with Crippen molar-refractivity contribution in [3.63, 3.8) is 0 Å². The first kappa shape index (κ1) is 19.1. The quantitative estimate of drug-likeness (QED) is 0.694. The predicted molar refractivity (Wildman–Crippen MR) is 117 cm³/mol. The number of nitrogens with one attached hydrogen (secondary N) is 1. The summed E-state index contributed by atoms with van der Waals surface area (Å²) in [6, 6.07) is 5.48. The Morgan fingerprint density at radius 2 is 2.10 bits per heavy atom. The molecule has 0 aromatic carbocycles. The molecule has 0 aliphatic carbocycles. The molecule has 1 aliphatic rings. The lowest BCUT2D eigenvalue weighted by Crippen LogP contribution is -2.29. The monoisotopic (exact) mass is 390 g/mol. The van der Waals surface area contributed by atoms with Crippen LogP contribution in [0.2, 0.25) is 0 Å². The van der Waals surface area contributed by atoms with Gasteiger partial charge in [-0.15, -0.1) is 0 Å². The van der Waals surface area contributed by atoms with Crippen LogP contribution in [0, 0.1) is 6.92 Å². The molecule has 7 nitrogen and oxygen atoms in total. The van der Waals surface area contributed by atoms with Crippen LogP contribution in [0.1, 0.15) is 23.6 Å². The first-order chi connectivity index (χ1) is 14.0. The number of imidazole rings is 1. The Morgan fingerprint density at radius 1 is 1.24 bits per heavy atom. The van der Waals surface area contributed by atoms with Crippen molar-refractivity contribution < 1.29 is 0 Å². The van der Waals surface area contributed by atoms with Crippen molar-refractivity contribution in [2.75, 3.05) is 38.1 Å². The third-order valence-electron chi connectivity index (χ3n) is 5.22. The number of nitrogens with zero attached hydrogens (tertiary/aromatic N) is 5. The van der Waals surface area contributed by atoms with Crippen LogP contribution in [0.5, 0.6) is 0 Å². The molecule has 0 bridgehead atoms. The van der Waals surface area contributed by atoms with Crippen molar-refractivity contribution in [3.05, 3.63) is 70.8 Å². The second-order valence-corrected chi connectivity index (χ2v) is 7.55. The Hall–Kier alpha value is -3.19. The summed E-state index contributed by atoms with van der Waals surface area (Å²) in [6.45, 7) is 10.1. The van der Waals surface area contributed by atoms with Gasteiger partial charge in [-0.05, 0) is 56.8 Å². The van der Waals surface area contributed by atoms with Gasteiger partial charge >= 0.3 is 0 Å². The second-order valence-electron chi connectivity index (χ2n) is 7.55. The van der Waals surface area contributed by atoms with Gasteiger partial charge in [0.15, 0.2) is 0 Å². The largest absolute Gasteiger partial charge is 0.369 e. The summed E-state index contributed by atoms with van der Waals surface area (Å²) >= 11 is 0. The van der Waals surface area contributed by atoms with Crippen LogP contribution in [0.3, 0.4) is 0 Å². The molecule has 0 atom stereocenters. The molecule has 1 fully saturated rings. The first-order valence-corrected chi connectivity index (χ1v) is 9.85. The van der Waals surface area contributed by atoms with Crippen LogP contribution in [0.15, 0.2) is 48.0 Å². The molecule has 4 heterocycles. The summed E-state index contributed by atoms with van der Waals surface area (Å²) in [6.07, 6.45) is 8.42. The van der Waals surface area contributed by atoms with Crippen molar-refractivity contribution in [2.45, 2.75) is 13.3 Å². The van der Waals surface area contributed by atoms with E-state index in [0.29, 0.717) is 16.9 Å². The molecule has 1 N–H and O–H groups in total. The Bertz CT molecular complexity index is 1130. The molecule has 0 radical (unpaired) electrons. The third kappa shape index (κ3) is 4.30. The van der Waals surface area contributed by atoms with Crippen LogP contribution in [-0.2, 0) is 0 Å². The van der Waals surface area contributed by atoms with Crippen molar-refractivity contribution in [2.24, 2.45) is 0 Å². The zero-order chi connectivity index (χ0) is 20.4. The zero-order valence-corrected chi connectivity index (χ0v) is 16.9. The summed E-state index contributed by atoms with van der Waals surface area (Å²) in [7, 11) is 2.15. The highest BCUT2D eigenvalue weighted by Gasteiger charge is 2.14. The van der Waals surface area contributed by atoms with Crippen LogP contribution < -0.4 is 10.5 Å². The highest BCUT2D eigenvalue weighted by molar-refractivity contribution is 5.75. The van der Waals surface area contributed by atoms with E-state index in [0.717, 1.165) is 49.8 Å². The van der Waals surface area contributed by atoms with E-state index in [1.807, 2.05) is 37.4 Å². The number of aromatic amines is 1. The smallest absolute Gasteiger partial charge is 0.258 e. The lowest BCUT2D eigenvalue weighted by atomic mass is 10.2. The highest BCUT2D eigenvalue weighted by Crippen LogP contribution is 2.18. The minimum atomic E-state index is -0.109. The Labute approximate surface area is 170 Å². The summed E-state index contributed by atoms with van der Waals surface area (Å²) in [5.41, 5.74) is 3.78. The number of likely N-dealkylation sites (N-methyl/N-ethyl adjacent to an activating group) is 1. The Balaban J connectivity index is 1.59. The van der Waals surface area contributed by atoms with Gasteiger partial charge < -0.3 is 14.8 Å². The number of allylic oxidation sites excluding steroid dienone is 2. The number of H-pyrrole nitrogens is 1. The van der Waals surface area contributed by atoms with Gasteiger partial charge in [-0.1, -0.05) is 6.58 Å². The second kappa shape index (κ2) is 8.05. The maximum absolute atomic E-state index is 12.7. The van der Waals surface area contributed by atoms with E-state index in [2.05, 4.69) is 38.4 Å². The minimum Gasteiger partial charge on any atom is -0.369 e. The number of aryl methyl sites for hydroxylation is 1. The molecule has 1 aliphatic heterocycles. The molecule has 1 saturated heterocycles. The van der Waals surface area contributed by atoms with E-state index in [9.17, 15) is 4.79 Å². The fourth-order valence-electron chi connectivity index (χ4n) is 3.53. The fraction of sp³-hybridized carbons (Fsp3) is 0.318. The lowest BCUT2D eigenvalue weighted by Gasteiger charge is -2.23. The van der Waals surface area contributed by atoms with Gasteiger partial charge in [0.05, 0.1) is 11.4 Å². The van der Waals surface area contributed by atoms with E-state index in [1.54, 1.807) is 10.6 Å². The molecule has 7 heteroatoms. The predicted octanol–water partition coefficient (Wildman–Crippen LogP) is 2.59. The van der Waals surface area contributed by atoms with Gasteiger partial charge in [-0.25, -0.2) is 9.97 Å². The normalized spacial score (nSPS) is 15.9. The summed E-state index contributed by atoms with van der Waals surface area (Å²) in [5, 5.41) is 0. The van der Waals surface area contributed by atoms with Crippen molar-refractivity contribution in [1.29, 1.82) is 0 Å². The summed E-state index contributed by atoms with van der Waals surface area (Å²) in [4.78, 5) is 29.4. The molecular formula is C22H26N6O. The van der Waals surface area contributed by atoms with E-state index >= 15 is 0 Å². The average molecular weight is 390 g/mol. The van der Waals surface area contributed by atoms with E-state index in [-0.39, 0.29) is 5.56 Å². The first-order valence-electron chi connectivity index (χ1n) is 9.85. The van der Waals surface area contributed by atoms with Crippen LogP contribution >= 0.6 is 0 Å². The molecule has 0 unspecified atom stereocenters. The van der Waals surface area contributed by atoms with Gasteiger partial charge in [0.2, 0.25) is 0 Å². The number of pyridine rings is 1. The molecular weight excluding hydrogens is 364 g/mol. The highest BCUT2D eigenvalue weighted by atomic mass is 16.1. The van der Waals surface area contributed by atoms with Gasteiger partial charge in [-0.3, -0.25) is 9.20 Å². The van der Waals surface area contributed by atoms with E-state index in [1.165, 1.54) is 6.07 Å². The summed E-state index contributed by atoms with van der Waals surface area (Å²) in [5.74, 6) is 0.744. The number of hydrogen-bond donors (Lipinski definition) is 1. The SMILES string of the molecule is C=C(/C=C\c1ncc(C)[nH]1)c1cc(=O)n2cc(N3CCCN(C)CC3)ccc2n1. The van der Waals surface area contributed by atoms with E-state index in [4.69, 9.17) is 0 Å². The molecule has 0 saturated carbocycles. The number of aromatic nitrogens is 4. The van der Waals surface area contributed by atoms with Crippen LogP contribution in [0.4, 0.5) is 5.69 Å². The average Bonchev–Trinajstić information content (AvgIpc) is 3.01. The standard InChI is InChI=1S/C22H26N6O/c1-16(5-7-20-23-14-17(2)24-20)19-13-22(29)28-15-18(6-8-21(28)25-19)27-10-4-9-26(3)11-12-27/h5-8,13-15H,1,4,9-12H2,2-3H3,(H,23,24)/b7-5-. The van der Waals surface area contributed by atoms with Crippen LogP contribution in [0.25, 0.3) is 17.3 Å². The van der Waals surface area contributed by atoms with Crippen molar-refractivity contribution >= 4 is 23.0 Å². The zero-order valence-electron chi connectivity index (χ0n) is 16.9. The van der Waals surface area contributed by atoms with Crippen molar-refractivity contribution in [1.82, 2.24) is 24.3 Å². The van der Waals surface area contributed by atoms with Gasteiger partial charge in [0, 0.05) is 43.8 Å². The topological polar surface area (TPSA) is 69.5 Å². The summed E-state index contributed by atoms with van der Waals surface area (Å²) < 4.78 is 1.61. The molecule has 150 valence electrons. The van der Waals surface area contributed by atoms with Crippen LogP contribution in [-0.4, -0.2) is 57.5 Å². The molecule has 0 amide bonds. The number of rotatable bonds is 4. The fourth-order valence-corrected chi connectivity index (χ4v) is 3.53. The Morgan fingerprint density at radius 3 is 2.90 bits per heavy atom. The number of hydrogen-bond acceptors (Lipinski definition) is 5. The maximum atomic E-state index is 12.7. The van der Waals surface area contributed by atoms with Gasteiger partial charge in [0.25, 0.3) is 5.56 Å². The minimum absolute atomic E-state index is 0.109.